The molecule has 2 aliphatic rings. The summed E-state index contributed by atoms with van der Waals surface area (Å²) in [5.74, 6) is 0. The second-order valence-electron chi connectivity index (χ2n) is 15.4. The maximum Gasteiger partial charge on any atom is 0.0435 e. The Labute approximate surface area is 304 Å². The molecule has 0 spiro atoms. The Morgan fingerprint density at radius 1 is 0.353 bits per heavy atom. The minimum Gasteiger partial charge on any atom is -0.0622 e. The summed E-state index contributed by atoms with van der Waals surface area (Å²) in [5, 5.41) is 0. The van der Waals surface area contributed by atoms with Crippen molar-refractivity contribution in [1.29, 1.82) is 0 Å². The molecule has 0 nitrogen and oxygen atoms in total. The van der Waals surface area contributed by atoms with E-state index in [9.17, 15) is 0 Å². The van der Waals surface area contributed by atoms with Crippen molar-refractivity contribution in [3.8, 4) is 44.5 Å². The molecule has 9 rings (SSSR count). The van der Waals surface area contributed by atoms with Gasteiger partial charge in [-0.15, -0.1) is 0 Å². The average Bonchev–Trinajstić information content (AvgIpc) is 3.52. The van der Waals surface area contributed by atoms with Gasteiger partial charge in [-0.1, -0.05) is 176 Å². The van der Waals surface area contributed by atoms with E-state index in [1.807, 2.05) is 0 Å². The van der Waals surface area contributed by atoms with E-state index in [1.165, 1.54) is 94.6 Å². The van der Waals surface area contributed by atoms with Gasteiger partial charge in [-0.25, -0.2) is 0 Å². The number of hydrogen-bond acceptors (Lipinski definition) is 0. The van der Waals surface area contributed by atoms with Crippen LogP contribution in [0.5, 0.6) is 0 Å². The summed E-state index contributed by atoms with van der Waals surface area (Å²) in [6.45, 7) is 15.9. The van der Waals surface area contributed by atoms with Crippen molar-refractivity contribution in [3.63, 3.8) is 0 Å². The maximum atomic E-state index is 2.44. The molecule has 250 valence electrons. The standard InChI is InChI=1S/C34H28.C17H18/c1-23-19-29(26-15-9-5-10-16-26)33-30-22-28(25-13-7-4-8-14-25)24(2)21-31(30)34(3,32(33)20-23)27-17-11-6-12-18-27;1-11-5-7-13-14-8-6-12(2)10-16(14)17(3,4)15(13)9-11/h4-22H,1-3H3;5-10H,1-4H3. The van der Waals surface area contributed by atoms with Crippen LogP contribution in [0.25, 0.3) is 44.5 Å². The minimum atomic E-state index is -0.207. The van der Waals surface area contributed by atoms with Gasteiger partial charge in [0.1, 0.15) is 0 Å². The van der Waals surface area contributed by atoms with E-state index in [-0.39, 0.29) is 10.8 Å². The molecule has 0 heterocycles. The largest absolute Gasteiger partial charge is 0.0622 e. The fraction of sp³-hybridized carbons (Fsp3) is 0.176. The molecule has 51 heavy (non-hydrogen) atoms. The lowest BCUT2D eigenvalue weighted by Gasteiger charge is -2.29. The van der Waals surface area contributed by atoms with Gasteiger partial charge in [-0.2, -0.15) is 0 Å². The van der Waals surface area contributed by atoms with Gasteiger partial charge in [0.15, 0.2) is 0 Å². The molecule has 0 aliphatic heterocycles. The highest BCUT2D eigenvalue weighted by molar-refractivity contribution is 5.96. The van der Waals surface area contributed by atoms with Gasteiger partial charge < -0.3 is 0 Å². The van der Waals surface area contributed by atoms with Gasteiger partial charge in [0.05, 0.1) is 0 Å². The van der Waals surface area contributed by atoms with E-state index >= 15 is 0 Å². The molecule has 1 atom stereocenters. The Hall–Kier alpha value is -5.46. The van der Waals surface area contributed by atoms with Crippen LogP contribution >= 0.6 is 0 Å². The van der Waals surface area contributed by atoms with Gasteiger partial charge in [-0.05, 0) is 119 Å². The molecule has 0 heteroatoms. The lowest BCUT2D eigenvalue weighted by molar-refractivity contribution is 0.659. The number of aryl methyl sites for hydroxylation is 4. The smallest absolute Gasteiger partial charge is 0.0435 e. The van der Waals surface area contributed by atoms with Crippen molar-refractivity contribution in [2.75, 3.05) is 0 Å². The van der Waals surface area contributed by atoms with Crippen LogP contribution in [-0.2, 0) is 10.8 Å². The highest BCUT2D eigenvalue weighted by Crippen LogP contribution is 2.56. The Balaban J connectivity index is 0.000000184. The van der Waals surface area contributed by atoms with Crippen molar-refractivity contribution < 1.29 is 0 Å². The van der Waals surface area contributed by atoms with Crippen LogP contribution in [0.3, 0.4) is 0 Å². The van der Waals surface area contributed by atoms with E-state index in [0.29, 0.717) is 0 Å². The van der Waals surface area contributed by atoms with Crippen LogP contribution in [0, 0.1) is 27.7 Å². The predicted octanol–water partition coefficient (Wildman–Crippen LogP) is 13.6. The van der Waals surface area contributed by atoms with E-state index in [1.54, 1.807) is 0 Å². The van der Waals surface area contributed by atoms with Crippen LogP contribution in [0.4, 0.5) is 0 Å². The van der Waals surface area contributed by atoms with Gasteiger partial charge >= 0.3 is 0 Å². The zero-order valence-corrected chi connectivity index (χ0v) is 30.9. The molecule has 7 aromatic rings. The van der Waals surface area contributed by atoms with Gasteiger partial charge in [0, 0.05) is 10.8 Å². The first-order chi connectivity index (χ1) is 24.6. The molecule has 2 aliphatic carbocycles. The van der Waals surface area contributed by atoms with Crippen LogP contribution < -0.4 is 0 Å². The molecule has 0 saturated heterocycles. The highest BCUT2D eigenvalue weighted by Gasteiger charge is 2.42. The van der Waals surface area contributed by atoms with Crippen molar-refractivity contribution >= 4 is 0 Å². The van der Waals surface area contributed by atoms with Crippen LogP contribution in [0.1, 0.15) is 70.8 Å². The third-order valence-corrected chi connectivity index (χ3v) is 11.5. The monoisotopic (exact) mass is 658 g/mol. The van der Waals surface area contributed by atoms with Crippen LogP contribution in [-0.4, -0.2) is 0 Å². The second kappa shape index (κ2) is 12.4. The predicted molar refractivity (Wildman–Crippen MR) is 218 cm³/mol. The maximum absolute atomic E-state index is 2.44. The number of rotatable bonds is 3. The molecule has 0 bridgehead atoms. The topological polar surface area (TPSA) is 0 Å². The summed E-state index contributed by atoms with van der Waals surface area (Å²) in [7, 11) is 0. The van der Waals surface area contributed by atoms with Crippen LogP contribution in [0.15, 0.2) is 152 Å². The minimum absolute atomic E-state index is 0.142. The summed E-state index contributed by atoms with van der Waals surface area (Å²) in [5.41, 5.74) is 23.0. The number of benzene rings is 7. The van der Waals surface area contributed by atoms with Crippen LogP contribution in [0.2, 0.25) is 0 Å². The molecule has 0 N–H and O–H groups in total. The Kier molecular flexibility index (Phi) is 7.95. The van der Waals surface area contributed by atoms with Gasteiger partial charge in [-0.3, -0.25) is 0 Å². The summed E-state index contributed by atoms with van der Waals surface area (Å²) < 4.78 is 0. The Morgan fingerprint density at radius 3 is 1.39 bits per heavy atom. The lowest BCUT2D eigenvalue weighted by atomic mass is 9.73. The van der Waals surface area contributed by atoms with E-state index in [2.05, 4.69) is 200 Å². The normalized spacial score (nSPS) is 16.0. The van der Waals surface area contributed by atoms with Gasteiger partial charge in [0.2, 0.25) is 0 Å². The highest BCUT2D eigenvalue weighted by atomic mass is 14.4. The molecule has 0 aromatic heterocycles. The van der Waals surface area contributed by atoms with Crippen molar-refractivity contribution in [3.05, 3.63) is 202 Å². The quantitative estimate of drug-likeness (QED) is 0.177. The fourth-order valence-electron chi connectivity index (χ4n) is 8.77. The molecule has 0 amide bonds. The third kappa shape index (κ3) is 5.37. The fourth-order valence-corrected chi connectivity index (χ4v) is 8.77. The Morgan fingerprint density at radius 2 is 0.843 bits per heavy atom. The lowest BCUT2D eigenvalue weighted by Crippen LogP contribution is -2.22. The zero-order valence-electron chi connectivity index (χ0n) is 30.9. The first-order valence-electron chi connectivity index (χ1n) is 18.3. The van der Waals surface area contributed by atoms with E-state index in [0.717, 1.165) is 0 Å². The number of fused-ring (bicyclic) bond motifs is 6. The molecular weight excluding hydrogens is 613 g/mol. The first kappa shape index (κ1) is 32.7. The van der Waals surface area contributed by atoms with Crippen molar-refractivity contribution in [2.24, 2.45) is 0 Å². The van der Waals surface area contributed by atoms with E-state index < -0.39 is 0 Å². The van der Waals surface area contributed by atoms with Crippen molar-refractivity contribution in [2.45, 2.75) is 59.3 Å². The molecule has 0 saturated carbocycles. The summed E-state index contributed by atoms with van der Waals surface area (Å²) in [4.78, 5) is 0. The molecule has 0 fully saturated rings. The zero-order chi connectivity index (χ0) is 35.5. The summed E-state index contributed by atoms with van der Waals surface area (Å²) >= 11 is 0. The molecule has 0 radical (unpaired) electrons. The van der Waals surface area contributed by atoms with E-state index in [4.69, 9.17) is 0 Å². The van der Waals surface area contributed by atoms with Crippen molar-refractivity contribution in [1.82, 2.24) is 0 Å². The third-order valence-electron chi connectivity index (χ3n) is 11.5. The summed E-state index contributed by atoms with van der Waals surface area (Å²) in [6, 6.07) is 55.9. The Bertz CT molecular complexity index is 2360. The first-order valence-corrected chi connectivity index (χ1v) is 18.3. The number of hydrogen-bond donors (Lipinski definition) is 0. The SMILES string of the molecule is Cc1cc(-c2ccccc2)c2c(c1)C(C)(c1ccccc1)c1cc(C)c(-c3ccccc3)cc1-2.Cc1ccc2c(c1)C(C)(C)c1cc(C)ccc1-2. The summed E-state index contributed by atoms with van der Waals surface area (Å²) in [6.07, 6.45) is 0. The second-order valence-corrected chi connectivity index (χ2v) is 15.4. The van der Waals surface area contributed by atoms with Gasteiger partial charge in [0.25, 0.3) is 0 Å². The molecule has 1 unspecified atom stereocenters. The molecule has 7 aromatic carbocycles. The average molecular weight is 659 g/mol. The molecular formula is C51H46.